The Morgan fingerprint density at radius 1 is 1.27 bits per heavy atom. The molecule has 1 aromatic heterocycles. The van der Waals surface area contributed by atoms with Crippen LogP contribution in [0, 0.1) is 0 Å². The summed E-state index contributed by atoms with van der Waals surface area (Å²) >= 11 is 0. The second kappa shape index (κ2) is 4.17. The zero-order chi connectivity index (χ0) is 10.7. The molecule has 1 aromatic carbocycles. The second-order valence-electron chi connectivity index (χ2n) is 3.65. The van der Waals surface area contributed by atoms with Gasteiger partial charge in [-0.3, -0.25) is 5.10 Å². The zero-order valence-corrected chi connectivity index (χ0v) is 8.90. The first kappa shape index (κ1) is 9.77. The van der Waals surface area contributed by atoms with E-state index in [2.05, 4.69) is 10.2 Å². The smallest absolute Gasteiger partial charge is 0.127 e. The summed E-state index contributed by atoms with van der Waals surface area (Å²) in [4.78, 5) is 0. The highest BCUT2D eigenvalue weighted by Gasteiger charge is 2.07. The molecule has 0 radical (unpaired) electrons. The monoisotopic (exact) mass is 202 g/mol. The summed E-state index contributed by atoms with van der Waals surface area (Å²) in [6, 6.07) is 7.97. The van der Waals surface area contributed by atoms with Crippen molar-refractivity contribution in [2.75, 3.05) is 0 Å². The van der Waals surface area contributed by atoms with Crippen LogP contribution >= 0.6 is 0 Å². The van der Waals surface area contributed by atoms with E-state index in [1.165, 1.54) is 0 Å². The average Bonchev–Trinajstić information content (AvgIpc) is 2.70. The molecule has 0 fully saturated rings. The van der Waals surface area contributed by atoms with Crippen LogP contribution in [0.2, 0.25) is 0 Å². The third-order valence-electron chi connectivity index (χ3n) is 2.06. The van der Waals surface area contributed by atoms with Crippen molar-refractivity contribution in [1.82, 2.24) is 10.2 Å². The zero-order valence-electron chi connectivity index (χ0n) is 8.90. The number of H-pyrrole nitrogens is 1. The Hall–Kier alpha value is -1.77. The second-order valence-corrected chi connectivity index (χ2v) is 3.65. The Morgan fingerprint density at radius 2 is 2.07 bits per heavy atom. The van der Waals surface area contributed by atoms with Crippen molar-refractivity contribution in [2.45, 2.75) is 20.0 Å². The van der Waals surface area contributed by atoms with Crippen molar-refractivity contribution in [1.29, 1.82) is 0 Å². The van der Waals surface area contributed by atoms with Gasteiger partial charge < -0.3 is 4.74 Å². The first-order valence-corrected chi connectivity index (χ1v) is 5.02. The highest BCUT2D eigenvalue weighted by molar-refractivity contribution is 5.68. The van der Waals surface area contributed by atoms with Crippen molar-refractivity contribution in [3.63, 3.8) is 0 Å². The standard InChI is InChI=1S/C12H14N2O/c1-9(2)15-12-6-4-3-5-11(12)10-7-13-14-8-10/h3-9H,1-2H3,(H,13,14). The normalized spacial score (nSPS) is 10.6. The summed E-state index contributed by atoms with van der Waals surface area (Å²) < 4.78 is 5.73. The minimum Gasteiger partial charge on any atom is -0.490 e. The summed E-state index contributed by atoms with van der Waals surface area (Å²) in [5.74, 6) is 0.897. The number of hydrogen-bond donors (Lipinski definition) is 1. The van der Waals surface area contributed by atoms with Gasteiger partial charge in [0.2, 0.25) is 0 Å². The lowest BCUT2D eigenvalue weighted by atomic mass is 10.1. The molecule has 15 heavy (non-hydrogen) atoms. The Morgan fingerprint density at radius 3 is 2.73 bits per heavy atom. The first-order chi connectivity index (χ1) is 7.27. The molecule has 0 aliphatic rings. The van der Waals surface area contributed by atoms with Gasteiger partial charge in [-0.1, -0.05) is 18.2 Å². The minimum atomic E-state index is 0.179. The molecule has 1 heterocycles. The summed E-state index contributed by atoms with van der Waals surface area (Å²) in [5, 5.41) is 6.74. The number of nitrogens with zero attached hydrogens (tertiary/aromatic N) is 1. The molecule has 0 saturated heterocycles. The lowest BCUT2D eigenvalue weighted by molar-refractivity contribution is 0.243. The fraction of sp³-hybridized carbons (Fsp3) is 0.250. The number of aromatic nitrogens is 2. The first-order valence-electron chi connectivity index (χ1n) is 5.02. The quantitative estimate of drug-likeness (QED) is 0.831. The topological polar surface area (TPSA) is 37.9 Å². The van der Waals surface area contributed by atoms with Gasteiger partial charge in [0, 0.05) is 17.3 Å². The van der Waals surface area contributed by atoms with E-state index in [0.29, 0.717) is 0 Å². The predicted octanol–water partition coefficient (Wildman–Crippen LogP) is 2.86. The van der Waals surface area contributed by atoms with E-state index in [0.717, 1.165) is 16.9 Å². The van der Waals surface area contributed by atoms with Crippen molar-refractivity contribution in [3.05, 3.63) is 36.7 Å². The van der Waals surface area contributed by atoms with Crippen LogP contribution < -0.4 is 4.74 Å². The van der Waals surface area contributed by atoms with Crippen LogP contribution in [0.1, 0.15) is 13.8 Å². The molecular formula is C12H14N2O. The fourth-order valence-electron chi connectivity index (χ4n) is 1.46. The largest absolute Gasteiger partial charge is 0.490 e. The van der Waals surface area contributed by atoms with Crippen LogP contribution in [0.4, 0.5) is 0 Å². The molecule has 0 bridgehead atoms. The molecule has 0 aliphatic heterocycles. The van der Waals surface area contributed by atoms with Crippen LogP contribution in [0.15, 0.2) is 36.7 Å². The van der Waals surface area contributed by atoms with Crippen LogP contribution in [0.5, 0.6) is 5.75 Å². The van der Waals surface area contributed by atoms with E-state index >= 15 is 0 Å². The molecule has 0 unspecified atom stereocenters. The van der Waals surface area contributed by atoms with Gasteiger partial charge in [0.15, 0.2) is 0 Å². The molecule has 0 atom stereocenters. The van der Waals surface area contributed by atoms with Crippen LogP contribution in [0.3, 0.4) is 0 Å². The van der Waals surface area contributed by atoms with Gasteiger partial charge in [-0.2, -0.15) is 5.10 Å². The summed E-state index contributed by atoms with van der Waals surface area (Å²) in [5.41, 5.74) is 2.12. The molecule has 3 nitrogen and oxygen atoms in total. The summed E-state index contributed by atoms with van der Waals surface area (Å²) in [6.07, 6.45) is 3.84. The van der Waals surface area contributed by atoms with Gasteiger partial charge in [0.1, 0.15) is 5.75 Å². The highest BCUT2D eigenvalue weighted by Crippen LogP contribution is 2.29. The molecule has 0 aliphatic carbocycles. The fourth-order valence-corrected chi connectivity index (χ4v) is 1.46. The molecule has 0 amide bonds. The summed E-state index contributed by atoms with van der Waals surface area (Å²) in [6.45, 7) is 4.04. The van der Waals surface area contributed by atoms with E-state index < -0.39 is 0 Å². The van der Waals surface area contributed by atoms with Gasteiger partial charge in [-0.05, 0) is 19.9 Å². The molecule has 0 spiro atoms. The van der Waals surface area contributed by atoms with Gasteiger partial charge in [0.25, 0.3) is 0 Å². The van der Waals surface area contributed by atoms with E-state index in [1.807, 2.05) is 44.3 Å². The van der Waals surface area contributed by atoms with E-state index in [-0.39, 0.29) is 6.10 Å². The number of ether oxygens (including phenoxy) is 1. The van der Waals surface area contributed by atoms with E-state index in [1.54, 1.807) is 6.20 Å². The minimum absolute atomic E-state index is 0.179. The Kier molecular flexibility index (Phi) is 2.72. The third-order valence-corrected chi connectivity index (χ3v) is 2.06. The number of nitrogens with one attached hydrogen (secondary N) is 1. The lowest BCUT2D eigenvalue weighted by Crippen LogP contribution is -2.06. The highest BCUT2D eigenvalue weighted by atomic mass is 16.5. The van der Waals surface area contributed by atoms with Crippen LogP contribution in [-0.4, -0.2) is 16.3 Å². The molecule has 2 aromatic rings. The molecule has 1 N–H and O–H groups in total. The number of benzene rings is 1. The summed E-state index contributed by atoms with van der Waals surface area (Å²) in [7, 11) is 0. The van der Waals surface area contributed by atoms with Crippen molar-refractivity contribution < 1.29 is 4.74 Å². The molecule has 0 saturated carbocycles. The lowest BCUT2D eigenvalue weighted by Gasteiger charge is -2.12. The number of para-hydroxylation sites is 1. The molecule has 78 valence electrons. The van der Waals surface area contributed by atoms with E-state index in [9.17, 15) is 0 Å². The van der Waals surface area contributed by atoms with Crippen molar-refractivity contribution in [2.24, 2.45) is 0 Å². The number of aromatic amines is 1. The van der Waals surface area contributed by atoms with Gasteiger partial charge >= 0.3 is 0 Å². The van der Waals surface area contributed by atoms with Gasteiger partial charge in [-0.25, -0.2) is 0 Å². The Bertz CT molecular complexity index is 421. The molecule has 3 heteroatoms. The SMILES string of the molecule is CC(C)Oc1ccccc1-c1cn[nH]c1. The van der Waals surface area contributed by atoms with Crippen LogP contribution in [-0.2, 0) is 0 Å². The van der Waals surface area contributed by atoms with Gasteiger partial charge in [-0.15, -0.1) is 0 Å². The Balaban J connectivity index is 2.38. The maximum Gasteiger partial charge on any atom is 0.127 e. The number of rotatable bonds is 3. The molecular weight excluding hydrogens is 188 g/mol. The Labute approximate surface area is 89.1 Å². The van der Waals surface area contributed by atoms with Crippen molar-refractivity contribution in [3.8, 4) is 16.9 Å². The van der Waals surface area contributed by atoms with Crippen LogP contribution in [0.25, 0.3) is 11.1 Å². The number of hydrogen-bond acceptors (Lipinski definition) is 2. The maximum absolute atomic E-state index is 5.73. The third kappa shape index (κ3) is 2.18. The predicted molar refractivity (Wildman–Crippen MR) is 59.8 cm³/mol. The van der Waals surface area contributed by atoms with Gasteiger partial charge in [0.05, 0.1) is 12.3 Å². The maximum atomic E-state index is 5.73. The van der Waals surface area contributed by atoms with Crippen molar-refractivity contribution >= 4 is 0 Å². The van der Waals surface area contributed by atoms with E-state index in [4.69, 9.17) is 4.74 Å². The average molecular weight is 202 g/mol. The molecule has 2 rings (SSSR count).